The van der Waals surface area contributed by atoms with E-state index < -0.39 is 43.9 Å². The van der Waals surface area contributed by atoms with Crippen LogP contribution in [0.2, 0.25) is 0 Å². The van der Waals surface area contributed by atoms with Gasteiger partial charge in [0.2, 0.25) is 0 Å². The summed E-state index contributed by atoms with van der Waals surface area (Å²) in [6.45, 7) is -0.975. The predicted octanol–water partition coefficient (Wildman–Crippen LogP) is 5.85. The zero-order valence-electron chi connectivity index (χ0n) is 19.0. The summed E-state index contributed by atoms with van der Waals surface area (Å²) in [5.74, 6) is -1.58. The number of benzene rings is 2. The summed E-state index contributed by atoms with van der Waals surface area (Å²) in [6, 6.07) is 12.4. The van der Waals surface area contributed by atoms with Gasteiger partial charge in [-0.15, -0.1) is 0 Å². The minimum atomic E-state index is -3.15. The van der Waals surface area contributed by atoms with E-state index in [9.17, 15) is 22.9 Å². The van der Waals surface area contributed by atoms with Gasteiger partial charge < -0.3 is 9.05 Å². The summed E-state index contributed by atoms with van der Waals surface area (Å²) in [4.78, 5) is 26.1. The van der Waals surface area contributed by atoms with Crippen molar-refractivity contribution in [2.75, 3.05) is 13.2 Å². The van der Waals surface area contributed by atoms with Crippen LogP contribution >= 0.6 is 8.25 Å². The van der Waals surface area contributed by atoms with Crippen molar-refractivity contribution in [3.63, 3.8) is 0 Å². The second-order valence-corrected chi connectivity index (χ2v) is 10.3. The van der Waals surface area contributed by atoms with Gasteiger partial charge in [0.1, 0.15) is 24.8 Å². The molecule has 0 N–H and O–H groups in total. The van der Waals surface area contributed by atoms with E-state index in [0.29, 0.717) is 36.8 Å². The molecule has 0 atom stereocenters. The maximum Gasteiger partial charge on any atom is 0.319 e. The molecule has 8 heteroatoms. The van der Waals surface area contributed by atoms with Crippen LogP contribution in [0.25, 0.3) is 0 Å². The smallest absolute Gasteiger partial charge is 0.303 e. The molecule has 0 saturated heterocycles. The topological polar surface area (TPSA) is 69.7 Å². The molecule has 0 aliphatic heterocycles. The van der Waals surface area contributed by atoms with Gasteiger partial charge in [-0.25, -0.2) is 8.78 Å². The average molecular weight is 490 g/mol. The fourth-order valence-corrected chi connectivity index (χ4v) is 6.20. The minimum absolute atomic E-state index is 0.338. The summed E-state index contributed by atoms with van der Waals surface area (Å²) in [5.41, 5.74) is -1.32. The van der Waals surface area contributed by atoms with Crippen LogP contribution < -0.4 is 0 Å². The molecule has 0 unspecified atom stereocenters. The lowest BCUT2D eigenvalue weighted by Crippen LogP contribution is -2.37. The molecule has 2 aliphatic carbocycles. The van der Waals surface area contributed by atoms with Crippen LogP contribution in [-0.4, -0.2) is 24.8 Å². The van der Waals surface area contributed by atoms with E-state index in [2.05, 4.69) is 0 Å². The number of hydrogen-bond acceptors (Lipinski definition) is 5. The third kappa shape index (κ3) is 4.79. The Bertz CT molecular complexity index is 991. The van der Waals surface area contributed by atoms with Crippen molar-refractivity contribution >= 4 is 19.8 Å². The monoisotopic (exact) mass is 490 g/mol. The second-order valence-electron chi connectivity index (χ2n) is 9.21. The maximum atomic E-state index is 14.5. The van der Waals surface area contributed by atoms with E-state index in [0.717, 1.165) is 25.7 Å². The Morgan fingerprint density at radius 1 is 0.706 bits per heavy atom. The number of carbonyl (C=O) groups excluding carboxylic acids is 2. The number of Topliss-reactive ketones (excluding diaryl/α,β-unsaturated/α-hetero) is 2. The SMILES string of the molecule is O=C(CO[PH](=O)OCC(=O)C1(c2ccccc2F)CCCC1)C1(c2ccccc2F)CCCC1. The van der Waals surface area contributed by atoms with E-state index in [1.54, 1.807) is 36.4 Å². The largest absolute Gasteiger partial charge is 0.319 e. The summed E-state index contributed by atoms with van der Waals surface area (Å²) < 4.78 is 51.7. The van der Waals surface area contributed by atoms with E-state index >= 15 is 0 Å². The third-order valence-electron chi connectivity index (χ3n) is 7.40. The molecular formula is C26H29F2O5P. The highest BCUT2D eigenvalue weighted by Crippen LogP contribution is 2.45. The van der Waals surface area contributed by atoms with Gasteiger partial charge in [0, 0.05) is 11.1 Å². The molecule has 2 aromatic carbocycles. The van der Waals surface area contributed by atoms with Gasteiger partial charge in [-0.1, -0.05) is 62.1 Å². The van der Waals surface area contributed by atoms with Gasteiger partial charge in [0.15, 0.2) is 11.6 Å². The zero-order chi connectivity index (χ0) is 24.2. The Labute approximate surface area is 198 Å². The van der Waals surface area contributed by atoms with Gasteiger partial charge in [-0.2, -0.15) is 0 Å². The van der Waals surface area contributed by atoms with Gasteiger partial charge in [0.25, 0.3) is 0 Å². The van der Waals surface area contributed by atoms with Crippen LogP contribution in [-0.2, 0) is 34.0 Å². The molecule has 0 spiro atoms. The van der Waals surface area contributed by atoms with Crippen LogP contribution in [0.1, 0.15) is 62.5 Å². The fraction of sp³-hybridized carbons (Fsp3) is 0.462. The normalized spacial score (nSPS) is 18.9. The second kappa shape index (κ2) is 10.6. The Kier molecular flexibility index (Phi) is 7.76. The molecule has 2 aromatic rings. The maximum absolute atomic E-state index is 14.5. The first-order chi connectivity index (χ1) is 16.4. The highest BCUT2D eigenvalue weighted by Gasteiger charge is 2.45. The first kappa shape index (κ1) is 24.9. The molecular weight excluding hydrogens is 461 g/mol. The van der Waals surface area contributed by atoms with Gasteiger partial charge >= 0.3 is 8.25 Å². The van der Waals surface area contributed by atoms with Crippen molar-refractivity contribution < 1.29 is 32.0 Å². The molecule has 2 saturated carbocycles. The molecule has 5 nitrogen and oxygen atoms in total. The molecule has 182 valence electrons. The highest BCUT2D eigenvalue weighted by molar-refractivity contribution is 7.33. The predicted molar refractivity (Wildman–Crippen MR) is 124 cm³/mol. The van der Waals surface area contributed by atoms with Crippen molar-refractivity contribution in [1.29, 1.82) is 0 Å². The molecule has 0 aromatic heterocycles. The summed E-state index contributed by atoms with van der Waals surface area (Å²) in [7, 11) is -3.15. The number of ketones is 2. The number of hydrogen-bond donors (Lipinski definition) is 0. The molecule has 0 heterocycles. The van der Waals surface area contributed by atoms with Gasteiger partial charge in [-0.3, -0.25) is 14.2 Å². The summed E-state index contributed by atoms with van der Waals surface area (Å²) in [5, 5.41) is 0. The fourth-order valence-electron chi connectivity index (χ4n) is 5.62. The molecule has 4 rings (SSSR count). The molecule has 34 heavy (non-hydrogen) atoms. The zero-order valence-corrected chi connectivity index (χ0v) is 20.0. The average Bonchev–Trinajstić information content (AvgIpc) is 3.53. The van der Waals surface area contributed by atoms with E-state index in [4.69, 9.17) is 9.05 Å². The molecule has 0 radical (unpaired) electrons. The lowest BCUT2D eigenvalue weighted by Gasteiger charge is -2.29. The van der Waals surface area contributed by atoms with Crippen LogP contribution in [0, 0.1) is 11.6 Å². The Balaban J connectivity index is 1.38. The van der Waals surface area contributed by atoms with Crippen LogP contribution in [0.15, 0.2) is 48.5 Å². The molecule has 2 fully saturated rings. The number of carbonyl (C=O) groups is 2. The van der Waals surface area contributed by atoms with Crippen molar-refractivity contribution in [1.82, 2.24) is 0 Å². The van der Waals surface area contributed by atoms with Crippen molar-refractivity contribution in [2.24, 2.45) is 0 Å². The van der Waals surface area contributed by atoms with Crippen molar-refractivity contribution in [3.05, 3.63) is 71.3 Å². The summed E-state index contributed by atoms with van der Waals surface area (Å²) in [6.07, 6.45) is 5.17. The highest BCUT2D eigenvalue weighted by atomic mass is 31.1. The Hall–Kier alpha value is -2.21. The van der Waals surface area contributed by atoms with Gasteiger partial charge in [0.05, 0.1) is 10.8 Å². The summed E-state index contributed by atoms with van der Waals surface area (Å²) >= 11 is 0. The quantitative estimate of drug-likeness (QED) is 0.391. The van der Waals surface area contributed by atoms with Crippen molar-refractivity contribution in [3.8, 4) is 0 Å². The van der Waals surface area contributed by atoms with E-state index in [-0.39, 0.29) is 11.6 Å². The molecule has 2 aliphatic rings. The standard InChI is InChI=1S/C26H29F2O5P/c27-21-11-3-1-9-19(21)25(13-5-6-14-25)23(29)17-32-34(31)33-18-24(30)26(15-7-8-16-26)20-10-2-4-12-22(20)28/h1-4,9-12,34H,5-8,13-18H2. The van der Waals surface area contributed by atoms with Crippen LogP contribution in [0.4, 0.5) is 8.78 Å². The lowest BCUT2D eigenvalue weighted by atomic mass is 9.75. The van der Waals surface area contributed by atoms with Crippen molar-refractivity contribution in [2.45, 2.75) is 62.2 Å². The van der Waals surface area contributed by atoms with E-state index in [1.165, 1.54) is 12.1 Å². The first-order valence-electron chi connectivity index (χ1n) is 11.8. The third-order valence-corrected chi connectivity index (χ3v) is 8.16. The first-order valence-corrected chi connectivity index (χ1v) is 13.0. The molecule has 0 amide bonds. The number of rotatable bonds is 10. The lowest BCUT2D eigenvalue weighted by molar-refractivity contribution is -0.127. The van der Waals surface area contributed by atoms with Crippen LogP contribution in [0.5, 0.6) is 0 Å². The minimum Gasteiger partial charge on any atom is -0.303 e. The van der Waals surface area contributed by atoms with E-state index in [1.807, 2.05) is 0 Å². The van der Waals surface area contributed by atoms with Crippen LogP contribution in [0.3, 0.4) is 0 Å². The number of halogens is 2. The Morgan fingerprint density at radius 3 is 1.41 bits per heavy atom. The van der Waals surface area contributed by atoms with Gasteiger partial charge in [-0.05, 0) is 37.8 Å². The Morgan fingerprint density at radius 2 is 1.06 bits per heavy atom. The molecule has 0 bridgehead atoms.